The molecule has 0 saturated carbocycles. The summed E-state index contributed by atoms with van der Waals surface area (Å²) in [6.45, 7) is 6.89. The molecule has 2 aromatic rings. The van der Waals surface area contributed by atoms with Gasteiger partial charge in [-0.05, 0) is 79.8 Å². The average molecular weight is 537 g/mol. The van der Waals surface area contributed by atoms with Crippen molar-refractivity contribution in [3.05, 3.63) is 65.2 Å². The Morgan fingerprint density at radius 3 is 2.18 bits per heavy atom. The van der Waals surface area contributed by atoms with Gasteiger partial charge in [0.25, 0.3) is 0 Å². The van der Waals surface area contributed by atoms with Crippen LogP contribution in [-0.4, -0.2) is 54.0 Å². The van der Waals surface area contributed by atoms with E-state index in [1.165, 1.54) is 11.1 Å². The fourth-order valence-electron chi connectivity index (χ4n) is 4.93. The van der Waals surface area contributed by atoms with Crippen LogP contribution in [0.25, 0.3) is 0 Å². The van der Waals surface area contributed by atoms with Crippen LogP contribution in [0.1, 0.15) is 63.1 Å². The summed E-state index contributed by atoms with van der Waals surface area (Å²) in [6, 6.07) is 13.1. The normalized spacial score (nSPS) is 22.2. The molecule has 0 bridgehead atoms. The first kappa shape index (κ1) is 30.2. The summed E-state index contributed by atoms with van der Waals surface area (Å²) in [5.41, 5.74) is 3.41. The molecule has 2 aromatic carbocycles. The minimum absolute atomic E-state index is 0.166. The number of phenols is 1. The van der Waals surface area contributed by atoms with Crippen molar-refractivity contribution in [3.63, 3.8) is 0 Å². The monoisotopic (exact) mass is 536 g/mol. The van der Waals surface area contributed by atoms with Gasteiger partial charge in [0.15, 0.2) is 0 Å². The molecule has 0 aliphatic carbocycles. The molecule has 212 valence electrons. The Hall–Kier alpha value is -3.39. The second-order valence-electron chi connectivity index (χ2n) is 10.7. The molecule has 3 atom stereocenters. The quantitative estimate of drug-likeness (QED) is 0.403. The Morgan fingerprint density at radius 2 is 1.51 bits per heavy atom. The van der Waals surface area contributed by atoms with E-state index >= 15 is 0 Å². The lowest BCUT2D eigenvalue weighted by atomic mass is 9.98. The molecule has 0 saturated heterocycles. The van der Waals surface area contributed by atoms with Gasteiger partial charge in [-0.2, -0.15) is 0 Å². The highest BCUT2D eigenvalue weighted by Gasteiger charge is 2.30. The number of nitrogens with one attached hydrogen (secondary N) is 4. The highest BCUT2D eigenvalue weighted by Crippen LogP contribution is 2.15. The minimum atomic E-state index is -0.784. The van der Waals surface area contributed by atoms with E-state index < -0.39 is 18.1 Å². The molecule has 1 aliphatic heterocycles. The Bertz CT molecular complexity index is 1090. The van der Waals surface area contributed by atoms with Gasteiger partial charge in [-0.3, -0.25) is 14.4 Å². The van der Waals surface area contributed by atoms with Crippen molar-refractivity contribution < 1.29 is 19.5 Å². The molecule has 0 unspecified atom stereocenters. The molecule has 0 radical (unpaired) electrons. The lowest BCUT2D eigenvalue weighted by Gasteiger charge is -2.27. The lowest BCUT2D eigenvalue weighted by molar-refractivity contribution is -0.133. The number of carbonyl (C=O) groups excluding carboxylic acids is 3. The van der Waals surface area contributed by atoms with Crippen LogP contribution in [0, 0.1) is 5.92 Å². The summed E-state index contributed by atoms with van der Waals surface area (Å²) in [6.07, 6.45) is 5.14. The molecule has 1 heterocycles. The maximum atomic E-state index is 13.6. The van der Waals surface area contributed by atoms with E-state index in [9.17, 15) is 19.5 Å². The number of benzene rings is 2. The topological polar surface area (TPSA) is 120 Å². The van der Waals surface area contributed by atoms with Crippen LogP contribution in [0.4, 0.5) is 0 Å². The summed E-state index contributed by atoms with van der Waals surface area (Å²) in [5, 5.41) is 21.9. The van der Waals surface area contributed by atoms with Gasteiger partial charge in [-0.25, -0.2) is 0 Å². The van der Waals surface area contributed by atoms with Crippen molar-refractivity contribution in [1.82, 2.24) is 21.3 Å². The van der Waals surface area contributed by atoms with E-state index in [0.29, 0.717) is 25.9 Å². The molecule has 5 N–H and O–H groups in total. The number of rotatable bonds is 5. The van der Waals surface area contributed by atoms with Crippen molar-refractivity contribution in [3.8, 4) is 5.75 Å². The molecule has 0 spiro atoms. The van der Waals surface area contributed by atoms with E-state index in [0.717, 1.165) is 37.7 Å². The molecule has 3 amide bonds. The van der Waals surface area contributed by atoms with Crippen molar-refractivity contribution >= 4 is 17.7 Å². The van der Waals surface area contributed by atoms with E-state index in [2.05, 4.69) is 33.4 Å². The molecular formula is C31H44N4O4. The van der Waals surface area contributed by atoms with Crippen LogP contribution in [0.3, 0.4) is 0 Å². The van der Waals surface area contributed by atoms with Gasteiger partial charge in [0.05, 0.1) is 6.04 Å². The number of phenolic OH excluding ortho intramolecular Hbond substituents is 1. The molecule has 0 fully saturated rings. The number of aryl methyl sites for hydroxylation is 1. The summed E-state index contributed by atoms with van der Waals surface area (Å²) in [7, 11) is 0. The van der Waals surface area contributed by atoms with E-state index in [1.54, 1.807) is 24.3 Å². The predicted molar refractivity (Wildman–Crippen MR) is 153 cm³/mol. The summed E-state index contributed by atoms with van der Waals surface area (Å²) in [4.78, 5) is 39.8. The Labute approximate surface area is 232 Å². The van der Waals surface area contributed by atoms with Crippen LogP contribution in [0.5, 0.6) is 5.75 Å². The zero-order valence-corrected chi connectivity index (χ0v) is 23.5. The fourth-order valence-corrected chi connectivity index (χ4v) is 4.93. The zero-order chi connectivity index (χ0) is 28.2. The average Bonchev–Trinajstić information content (AvgIpc) is 2.91. The number of carbonyl (C=O) groups is 3. The Morgan fingerprint density at radius 1 is 0.821 bits per heavy atom. The van der Waals surface area contributed by atoms with Crippen LogP contribution in [0.2, 0.25) is 0 Å². The lowest BCUT2D eigenvalue weighted by Crippen LogP contribution is -2.58. The van der Waals surface area contributed by atoms with E-state index in [1.807, 2.05) is 32.9 Å². The first-order valence-electron chi connectivity index (χ1n) is 14.2. The van der Waals surface area contributed by atoms with Gasteiger partial charge in [0, 0.05) is 6.54 Å². The smallest absolute Gasteiger partial charge is 0.243 e. The van der Waals surface area contributed by atoms with Crippen molar-refractivity contribution in [2.24, 2.45) is 5.92 Å². The van der Waals surface area contributed by atoms with Gasteiger partial charge in [0.1, 0.15) is 17.8 Å². The zero-order valence-electron chi connectivity index (χ0n) is 23.5. The third-order valence-corrected chi connectivity index (χ3v) is 7.23. The van der Waals surface area contributed by atoms with Gasteiger partial charge in [0.2, 0.25) is 17.7 Å². The molecule has 8 nitrogen and oxygen atoms in total. The minimum Gasteiger partial charge on any atom is -0.508 e. The number of hydrogen-bond donors (Lipinski definition) is 5. The molecule has 1 aliphatic rings. The summed E-state index contributed by atoms with van der Waals surface area (Å²) < 4.78 is 0. The molecule has 39 heavy (non-hydrogen) atoms. The highest BCUT2D eigenvalue weighted by atomic mass is 16.3. The molecule has 3 rings (SSSR count). The van der Waals surface area contributed by atoms with Crippen molar-refractivity contribution in [2.75, 3.05) is 13.1 Å². The first-order valence-corrected chi connectivity index (χ1v) is 14.2. The third-order valence-electron chi connectivity index (χ3n) is 7.23. The summed E-state index contributed by atoms with van der Waals surface area (Å²) in [5.74, 6) is -0.827. The predicted octanol–water partition coefficient (Wildman–Crippen LogP) is 3.01. The standard InChI is InChI=1S/C31H44N4O4/c1-4-9-26-29(37)33-18-8-7-12-23-10-5-6-11-24(23)17-19-32-27(20-22-13-15-25(36)16-14-22)30(38)35-28(21(2)3)31(39)34-26/h5-6,10-11,13-16,21,26-28,32,36H,4,7-9,12,17-20H2,1-3H3,(H,33,37)(H,34,39)(H,35,38)/t26-,27+,28+/m0/s1. The van der Waals surface area contributed by atoms with Crippen molar-refractivity contribution in [2.45, 2.75) is 83.8 Å². The molecule has 0 aromatic heterocycles. The number of amides is 3. The maximum Gasteiger partial charge on any atom is 0.243 e. The Kier molecular flexibility index (Phi) is 11.8. The van der Waals surface area contributed by atoms with Crippen LogP contribution < -0.4 is 21.3 Å². The number of fused-ring (bicyclic) bond motifs is 1. The Balaban J connectivity index is 1.87. The third kappa shape index (κ3) is 9.39. The fraction of sp³-hybridized carbons (Fsp3) is 0.516. The van der Waals surface area contributed by atoms with Crippen LogP contribution in [-0.2, 0) is 33.6 Å². The second kappa shape index (κ2) is 15.3. The van der Waals surface area contributed by atoms with Gasteiger partial charge >= 0.3 is 0 Å². The maximum absolute atomic E-state index is 13.6. The SMILES string of the molecule is CCC[C@@H]1NC(=O)[C@@H](C(C)C)NC(=O)[C@@H](Cc2ccc(O)cc2)NCCc2ccccc2CCCCNC1=O. The van der Waals surface area contributed by atoms with E-state index in [4.69, 9.17) is 0 Å². The van der Waals surface area contributed by atoms with Crippen molar-refractivity contribution in [1.29, 1.82) is 0 Å². The number of hydrogen-bond acceptors (Lipinski definition) is 5. The van der Waals surface area contributed by atoms with E-state index in [-0.39, 0.29) is 29.4 Å². The van der Waals surface area contributed by atoms with Gasteiger partial charge in [-0.1, -0.05) is 63.6 Å². The first-order chi connectivity index (χ1) is 18.8. The van der Waals surface area contributed by atoms with Gasteiger partial charge < -0.3 is 26.4 Å². The highest BCUT2D eigenvalue weighted by molar-refractivity contribution is 5.93. The molecular weight excluding hydrogens is 492 g/mol. The molecule has 8 heteroatoms. The largest absolute Gasteiger partial charge is 0.508 e. The van der Waals surface area contributed by atoms with Gasteiger partial charge in [-0.15, -0.1) is 0 Å². The summed E-state index contributed by atoms with van der Waals surface area (Å²) >= 11 is 0. The van der Waals surface area contributed by atoms with Crippen LogP contribution in [0.15, 0.2) is 48.5 Å². The van der Waals surface area contributed by atoms with Crippen LogP contribution >= 0.6 is 0 Å². The number of aromatic hydroxyl groups is 1. The second-order valence-corrected chi connectivity index (χ2v) is 10.7.